The molecule has 2 aromatic carbocycles. The van der Waals surface area contributed by atoms with E-state index >= 15 is 0 Å². The molecule has 0 bridgehead atoms. The molecule has 0 aliphatic rings. The quantitative estimate of drug-likeness (QED) is 0.354. The third-order valence-electron chi connectivity index (χ3n) is 3.77. The summed E-state index contributed by atoms with van der Waals surface area (Å²) in [6.45, 7) is 2.06. The third kappa shape index (κ3) is 4.31. The summed E-state index contributed by atoms with van der Waals surface area (Å²) in [6.07, 6.45) is 0. The van der Waals surface area contributed by atoms with Crippen LogP contribution in [0.15, 0.2) is 51.7 Å². The van der Waals surface area contributed by atoms with Crippen molar-refractivity contribution in [1.29, 1.82) is 0 Å². The first kappa shape index (κ1) is 20.2. The van der Waals surface area contributed by atoms with E-state index in [9.17, 15) is 0 Å². The number of benzene rings is 2. The maximum absolute atomic E-state index is 5.68. The number of fused-ring (bicyclic) bond motifs is 1. The smallest absolute Gasteiger partial charge is 0.373 e. The van der Waals surface area contributed by atoms with Gasteiger partial charge in [0, 0.05) is 31.4 Å². The first-order valence-electron chi connectivity index (χ1n) is 7.75. The maximum atomic E-state index is 5.68. The second-order valence-corrected chi connectivity index (χ2v) is 13.4. The van der Waals surface area contributed by atoms with Crippen molar-refractivity contribution in [3.05, 3.63) is 48.0 Å². The van der Waals surface area contributed by atoms with E-state index in [1.807, 2.05) is 18.2 Å². The Morgan fingerprint density at radius 1 is 0.962 bits per heavy atom. The topological polar surface area (TPSA) is 40.6 Å². The van der Waals surface area contributed by atoms with E-state index < -0.39 is 8.80 Å². The van der Waals surface area contributed by atoms with Crippen LogP contribution in [0.4, 0.5) is 0 Å². The van der Waals surface area contributed by atoms with Crippen LogP contribution in [-0.2, 0) is 13.3 Å². The van der Waals surface area contributed by atoms with Crippen molar-refractivity contribution in [3.63, 3.8) is 0 Å². The first-order valence-corrected chi connectivity index (χ1v) is 13.8. The Morgan fingerprint density at radius 2 is 1.69 bits per heavy atom. The number of hydrogen-bond donors (Lipinski definition) is 0. The van der Waals surface area contributed by atoms with Crippen LogP contribution in [-0.4, -0.2) is 35.1 Å². The molecular formula is C17H19NO3S4Si. The lowest BCUT2D eigenvalue weighted by Gasteiger charge is -2.26. The molecule has 0 aliphatic carbocycles. The molecule has 3 aromatic rings. The summed E-state index contributed by atoms with van der Waals surface area (Å²) < 4.78 is 19.3. The minimum absolute atomic E-state index is 0.993. The van der Waals surface area contributed by atoms with E-state index in [0.717, 1.165) is 25.5 Å². The lowest BCUT2D eigenvalue weighted by Crippen LogP contribution is -2.55. The highest BCUT2D eigenvalue weighted by Crippen LogP contribution is 2.46. The lowest BCUT2D eigenvalue weighted by atomic mass is 10.2. The predicted octanol–water partition coefficient (Wildman–Crippen LogP) is 5.14. The Hall–Kier alpha value is -0.523. The Labute approximate surface area is 170 Å². The highest BCUT2D eigenvalue weighted by atomic mass is 33.5. The summed E-state index contributed by atoms with van der Waals surface area (Å²) in [6, 6.07) is 14.5. The molecule has 0 saturated heterocycles. The number of aryl methyl sites for hydroxylation is 1. The van der Waals surface area contributed by atoms with Crippen LogP contribution in [0.1, 0.15) is 5.56 Å². The largest absolute Gasteiger partial charge is 0.537 e. The van der Waals surface area contributed by atoms with Crippen LogP contribution in [0, 0.1) is 6.92 Å². The molecule has 0 N–H and O–H groups in total. The van der Waals surface area contributed by atoms with Gasteiger partial charge in [-0.1, -0.05) is 29.8 Å². The minimum atomic E-state index is -2.88. The number of rotatable bonds is 8. The van der Waals surface area contributed by atoms with E-state index in [1.54, 1.807) is 64.1 Å². The first-order chi connectivity index (χ1) is 12.6. The van der Waals surface area contributed by atoms with Gasteiger partial charge in [0.05, 0.1) is 10.2 Å². The summed E-state index contributed by atoms with van der Waals surface area (Å²) in [7, 11) is 7.05. The van der Waals surface area contributed by atoms with E-state index in [0.29, 0.717) is 0 Å². The van der Waals surface area contributed by atoms with Gasteiger partial charge in [0.2, 0.25) is 0 Å². The fourth-order valence-electron chi connectivity index (χ4n) is 2.51. The van der Waals surface area contributed by atoms with Crippen molar-refractivity contribution in [3.8, 4) is 0 Å². The lowest BCUT2D eigenvalue weighted by molar-refractivity contribution is 0.140. The van der Waals surface area contributed by atoms with Crippen molar-refractivity contribution in [2.45, 2.75) is 16.2 Å². The molecule has 9 heteroatoms. The summed E-state index contributed by atoms with van der Waals surface area (Å²) in [5.41, 5.74) is 2.20. The SMILES string of the molecule is CO[Si](OC)(OC)c1cc(C)ccc1SSSc1nc2ccccc2s1. The molecule has 0 saturated carbocycles. The number of hydrogen-bond acceptors (Lipinski definition) is 8. The van der Waals surface area contributed by atoms with Gasteiger partial charge in [-0.25, -0.2) is 4.98 Å². The van der Waals surface area contributed by atoms with E-state index in [1.165, 1.54) is 4.70 Å². The number of aromatic nitrogens is 1. The van der Waals surface area contributed by atoms with Crippen LogP contribution in [0.3, 0.4) is 0 Å². The van der Waals surface area contributed by atoms with Crippen molar-refractivity contribution in [2.24, 2.45) is 0 Å². The second-order valence-electron chi connectivity index (χ2n) is 5.35. The molecule has 4 nitrogen and oxygen atoms in total. The zero-order valence-electron chi connectivity index (χ0n) is 14.8. The van der Waals surface area contributed by atoms with E-state index in [2.05, 4.69) is 36.2 Å². The number of thiazole rings is 1. The van der Waals surface area contributed by atoms with Crippen LogP contribution in [0.25, 0.3) is 10.2 Å². The summed E-state index contributed by atoms with van der Waals surface area (Å²) in [5, 5.41) is 0.993. The number of nitrogens with zero attached hydrogens (tertiary/aromatic N) is 1. The van der Waals surface area contributed by atoms with Gasteiger partial charge in [-0.2, -0.15) is 0 Å². The van der Waals surface area contributed by atoms with E-state index in [-0.39, 0.29) is 0 Å². The Balaban J connectivity index is 1.77. The Kier molecular flexibility index (Phi) is 7.09. The Bertz CT molecular complexity index is 844. The van der Waals surface area contributed by atoms with Gasteiger partial charge in [0.25, 0.3) is 0 Å². The van der Waals surface area contributed by atoms with Gasteiger partial charge >= 0.3 is 8.80 Å². The summed E-state index contributed by atoms with van der Waals surface area (Å²) in [5.74, 6) is 0. The number of para-hydroxylation sites is 1. The van der Waals surface area contributed by atoms with Gasteiger partial charge in [0.15, 0.2) is 4.34 Å². The van der Waals surface area contributed by atoms with Gasteiger partial charge in [-0.15, -0.1) is 11.3 Å². The standard InChI is InChI=1S/C17H19NO3S4Si/c1-12-9-10-15(16(11-12)26(19-2,20-3)21-4)23-25-24-17-18-13-7-5-6-8-14(13)22-17/h5-11H,1-4H3. The van der Waals surface area contributed by atoms with Gasteiger partial charge in [-0.3, -0.25) is 0 Å². The molecule has 0 spiro atoms. The van der Waals surface area contributed by atoms with Crippen LogP contribution < -0.4 is 5.19 Å². The van der Waals surface area contributed by atoms with Gasteiger partial charge in [0.1, 0.15) is 0 Å². The van der Waals surface area contributed by atoms with Crippen LogP contribution in [0.2, 0.25) is 0 Å². The average Bonchev–Trinajstić information content (AvgIpc) is 3.08. The molecule has 0 radical (unpaired) electrons. The molecule has 138 valence electrons. The molecule has 0 unspecified atom stereocenters. The van der Waals surface area contributed by atoms with Crippen LogP contribution in [0.5, 0.6) is 0 Å². The predicted molar refractivity (Wildman–Crippen MR) is 117 cm³/mol. The fraction of sp³-hybridized carbons (Fsp3) is 0.235. The molecule has 0 amide bonds. The highest BCUT2D eigenvalue weighted by Gasteiger charge is 2.43. The molecule has 0 fully saturated rings. The molecule has 0 aliphatic heterocycles. The Morgan fingerprint density at radius 3 is 2.38 bits per heavy atom. The van der Waals surface area contributed by atoms with Gasteiger partial charge < -0.3 is 13.3 Å². The maximum Gasteiger partial charge on any atom is 0.537 e. The molecule has 1 heterocycles. The fourth-order valence-corrected chi connectivity index (χ4v) is 10.5. The minimum Gasteiger partial charge on any atom is -0.373 e. The molecule has 0 atom stereocenters. The van der Waals surface area contributed by atoms with Crippen LogP contribution >= 0.6 is 42.8 Å². The molecule has 26 heavy (non-hydrogen) atoms. The monoisotopic (exact) mass is 441 g/mol. The molecular weight excluding hydrogens is 423 g/mol. The summed E-state index contributed by atoms with van der Waals surface area (Å²) in [4.78, 5) is 5.75. The van der Waals surface area contributed by atoms with Crippen molar-refractivity contribution in [1.82, 2.24) is 4.98 Å². The second kappa shape index (κ2) is 9.11. The third-order valence-corrected chi connectivity index (χ3v) is 11.8. The molecule has 1 aromatic heterocycles. The zero-order chi connectivity index (χ0) is 18.6. The van der Waals surface area contributed by atoms with Crippen molar-refractivity contribution < 1.29 is 13.3 Å². The highest BCUT2D eigenvalue weighted by molar-refractivity contribution is 9.09. The summed E-state index contributed by atoms with van der Waals surface area (Å²) >= 11 is 1.71. The van der Waals surface area contributed by atoms with Crippen molar-refractivity contribution >= 4 is 67.0 Å². The average molecular weight is 442 g/mol. The van der Waals surface area contributed by atoms with E-state index in [4.69, 9.17) is 13.3 Å². The van der Waals surface area contributed by atoms with Gasteiger partial charge in [-0.05, 0) is 56.5 Å². The van der Waals surface area contributed by atoms with Crippen molar-refractivity contribution in [2.75, 3.05) is 21.3 Å². The zero-order valence-corrected chi connectivity index (χ0v) is 19.1. The normalized spacial score (nSPS) is 12.0. The molecule has 3 rings (SSSR count).